The molecule has 0 unspecified atom stereocenters. The average Bonchev–Trinajstić information content (AvgIpc) is 3.13. The van der Waals surface area contributed by atoms with Crippen molar-refractivity contribution in [3.05, 3.63) is 58.9 Å². The second-order valence-corrected chi connectivity index (χ2v) is 8.72. The van der Waals surface area contributed by atoms with Crippen molar-refractivity contribution in [1.82, 2.24) is 19.9 Å². The number of nitrogens with one attached hydrogen (secondary N) is 1. The minimum atomic E-state index is -0.124. The highest BCUT2D eigenvalue weighted by atomic mass is 35.5. The molecule has 1 saturated heterocycles. The molecular formula is C23H24ClN7O. The molecule has 8 nitrogen and oxygen atoms in total. The van der Waals surface area contributed by atoms with E-state index in [-0.39, 0.29) is 12.3 Å². The van der Waals surface area contributed by atoms with Crippen molar-refractivity contribution in [2.45, 2.75) is 19.4 Å². The van der Waals surface area contributed by atoms with Gasteiger partial charge in [-0.3, -0.25) is 14.7 Å². The Bertz CT molecular complexity index is 1210. The molecular weight excluding hydrogens is 426 g/mol. The molecule has 0 atom stereocenters. The summed E-state index contributed by atoms with van der Waals surface area (Å²) in [7, 11) is 3.85. The summed E-state index contributed by atoms with van der Waals surface area (Å²) in [4.78, 5) is 21.8. The molecule has 164 valence electrons. The molecule has 3 heterocycles. The normalized spacial score (nSPS) is 16.0. The van der Waals surface area contributed by atoms with Crippen LogP contribution in [-0.2, 0) is 11.3 Å². The molecule has 2 aliphatic heterocycles. The Kier molecular flexibility index (Phi) is 5.40. The Labute approximate surface area is 191 Å². The first kappa shape index (κ1) is 20.7. The lowest BCUT2D eigenvalue weighted by Crippen LogP contribution is -2.36. The van der Waals surface area contributed by atoms with Gasteiger partial charge in [0.25, 0.3) is 0 Å². The Hall–Kier alpha value is -3.23. The SMILES string of the molecule is CN(C)c1cc2c(cc1Cl)NC(=O)CC(c1cccc(-n3nncc3CN3CCC3)c1)=N2. The molecule has 1 fully saturated rings. The van der Waals surface area contributed by atoms with Gasteiger partial charge in [-0.1, -0.05) is 28.9 Å². The zero-order valence-electron chi connectivity index (χ0n) is 18.0. The fourth-order valence-electron chi connectivity index (χ4n) is 3.95. The number of carbonyl (C=O) groups is 1. The van der Waals surface area contributed by atoms with E-state index in [4.69, 9.17) is 16.6 Å². The first-order valence-electron chi connectivity index (χ1n) is 10.6. The van der Waals surface area contributed by atoms with E-state index in [9.17, 15) is 4.79 Å². The number of amides is 1. The summed E-state index contributed by atoms with van der Waals surface area (Å²) in [6.07, 6.45) is 3.22. The molecule has 32 heavy (non-hydrogen) atoms. The van der Waals surface area contributed by atoms with Gasteiger partial charge in [0.1, 0.15) is 0 Å². The van der Waals surface area contributed by atoms with E-state index in [1.165, 1.54) is 6.42 Å². The number of fused-ring (bicyclic) bond motifs is 1. The zero-order chi connectivity index (χ0) is 22.2. The lowest BCUT2D eigenvalue weighted by molar-refractivity contribution is -0.115. The molecule has 1 amide bonds. The molecule has 5 rings (SSSR count). The monoisotopic (exact) mass is 449 g/mol. The first-order chi connectivity index (χ1) is 15.5. The van der Waals surface area contributed by atoms with Crippen LogP contribution in [-0.4, -0.2) is 58.7 Å². The van der Waals surface area contributed by atoms with Crippen LogP contribution in [0.2, 0.25) is 5.02 Å². The number of nitrogens with zero attached hydrogens (tertiary/aromatic N) is 6. The third kappa shape index (κ3) is 3.99. The van der Waals surface area contributed by atoms with E-state index in [0.29, 0.717) is 22.1 Å². The minimum Gasteiger partial charge on any atom is -0.376 e. The first-order valence-corrected chi connectivity index (χ1v) is 11.0. The van der Waals surface area contributed by atoms with Gasteiger partial charge in [0.05, 0.1) is 51.8 Å². The maximum absolute atomic E-state index is 12.6. The van der Waals surface area contributed by atoms with E-state index < -0.39 is 0 Å². The molecule has 0 spiro atoms. The van der Waals surface area contributed by atoms with Crippen molar-refractivity contribution >= 4 is 40.3 Å². The van der Waals surface area contributed by atoms with Crippen LogP contribution in [0.3, 0.4) is 0 Å². The zero-order valence-corrected chi connectivity index (χ0v) is 18.8. The van der Waals surface area contributed by atoms with Gasteiger partial charge in [0, 0.05) is 20.6 Å². The van der Waals surface area contributed by atoms with E-state index in [1.807, 2.05) is 60.2 Å². The molecule has 0 radical (unpaired) electrons. The fourth-order valence-corrected chi connectivity index (χ4v) is 4.28. The number of aromatic nitrogens is 3. The van der Waals surface area contributed by atoms with Crippen LogP contribution >= 0.6 is 11.6 Å². The van der Waals surface area contributed by atoms with E-state index in [1.54, 1.807) is 6.07 Å². The number of likely N-dealkylation sites (tertiary alicyclic amines) is 1. The lowest BCUT2D eigenvalue weighted by Gasteiger charge is -2.30. The van der Waals surface area contributed by atoms with Gasteiger partial charge in [-0.25, -0.2) is 4.68 Å². The Morgan fingerprint density at radius 2 is 2.03 bits per heavy atom. The van der Waals surface area contributed by atoms with Crippen molar-refractivity contribution in [3.8, 4) is 5.69 Å². The number of aliphatic imine (C=N–C) groups is 1. The second kappa shape index (κ2) is 8.37. The van der Waals surface area contributed by atoms with E-state index in [0.717, 1.165) is 42.3 Å². The van der Waals surface area contributed by atoms with E-state index in [2.05, 4.69) is 20.5 Å². The summed E-state index contributed by atoms with van der Waals surface area (Å²) < 4.78 is 1.86. The predicted molar refractivity (Wildman–Crippen MR) is 126 cm³/mol. The minimum absolute atomic E-state index is 0.124. The maximum atomic E-state index is 12.6. The van der Waals surface area contributed by atoms with Crippen LogP contribution < -0.4 is 10.2 Å². The van der Waals surface area contributed by atoms with Gasteiger partial charge in [0.2, 0.25) is 5.91 Å². The van der Waals surface area contributed by atoms with Crippen molar-refractivity contribution in [2.75, 3.05) is 37.4 Å². The van der Waals surface area contributed by atoms with Crippen LogP contribution in [0.15, 0.2) is 47.6 Å². The summed E-state index contributed by atoms with van der Waals surface area (Å²) in [5, 5.41) is 11.9. The number of halogens is 1. The number of carbonyl (C=O) groups excluding carboxylic acids is 1. The van der Waals surface area contributed by atoms with Crippen molar-refractivity contribution in [1.29, 1.82) is 0 Å². The molecule has 0 aliphatic carbocycles. The number of anilines is 2. The lowest BCUT2D eigenvalue weighted by atomic mass is 10.1. The van der Waals surface area contributed by atoms with Gasteiger partial charge in [-0.15, -0.1) is 5.10 Å². The Balaban J connectivity index is 1.52. The summed E-state index contributed by atoms with van der Waals surface area (Å²) in [6, 6.07) is 11.6. The second-order valence-electron chi connectivity index (χ2n) is 8.32. The maximum Gasteiger partial charge on any atom is 0.230 e. The predicted octanol–water partition coefficient (Wildman–Crippen LogP) is 3.66. The number of hydrogen-bond acceptors (Lipinski definition) is 6. The van der Waals surface area contributed by atoms with Crippen LogP contribution in [0.4, 0.5) is 17.1 Å². The summed E-state index contributed by atoms with van der Waals surface area (Å²) in [5.41, 5.74) is 5.65. The fraction of sp³-hybridized carbons (Fsp3) is 0.304. The van der Waals surface area contributed by atoms with Gasteiger partial charge in [0.15, 0.2) is 0 Å². The van der Waals surface area contributed by atoms with E-state index >= 15 is 0 Å². The van der Waals surface area contributed by atoms with Gasteiger partial charge < -0.3 is 10.2 Å². The van der Waals surface area contributed by atoms with Gasteiger partial charge in [-0.05, 0) is 49.3 Å². The van der Waals surface area contributed by atoms with Crippen LogP contribution in [0.25, 0.3) is 5.69 Å². The highest BCUT2D eigenvalue weighted by Gasteiger charge is 2.21. The van der Waals surface area contributed by atoms with Crippen molar-refractivity contribution in [3.63, 3.8) is 0 Å². The molecule has 0 bridgehead atoms. The summed E-state index contributed by atoms with van der Waals surface area (Å²) >= 11 is 6.39. The number of benzene rings is 2. The Morgan fingerprint density at radius 1 is 1.19 bits per heavy atom. The third-order valence-corrected chi connectivity index (χ3v) is 6.09. The molecule has 1 aromatic heterocycles. The van der Waals surface area contributed by atoms with Crippen molar-refractivity contribution < 1.29 is 4.79 Å². The van der Waals surface area contributed by atoms with Gasteiger partial charge >= 0.3 is 0 Å². The standard InChI is InChI=1S/C23H24ClN7O/c1-29(2)22-11-21-20(10-18(22)24)27-23(32)12-19(26-21)15-5-3-6-16(9-15)31-17(13-25-28-31)14-30-7-4-8-30/h3,5-6,9-11,13H,4,7-8,12,14H2,1-2H3,(H,27,32). The molecule has 2 aromatic carbocycles. The Morgan fingerprint density at radius 3 is 2.78 bits per heavy atom. The number of hydrogen-bond donors (Lipinski definition) is 1. The molecule has 2 aliphatic rings. The highest BCUT2D eigenvalue weighted by molar-refractivity contribution is 6.34. The van der Waals surface area contributed by atoms with Crippen LogP contribution in [0.1, 0.15) is 24.1 Å². The molecule has 9 heteroatoms. The topological polar surface area (TPSA) is 78.7 Å². The van der Waals surface area contributed by atoms with Gasteiger partial charge in [-0.2, -0.15) is 0 Å². The quantitative estimate of drug-likeness (QED) is 0.643. The smallest absolute Gasteiger partial charge is 0.230 e. The number of rotatable bonds is 5. The average molecular weight is 450 g/mol. The molecule has 1 N–H and O–H groups in total. The summed E-state index contributed by atoms with van der Waals surface area (Å²) in [5.74, 6) is -0.124. The van der Waals surface area contributed by atoms with Crippen LogP contribution in [0.5, 0.6) is 0 Å². The molecule has 0 saturated carbocycles. The van der Waals surface area contributed by atoms with Crippen molar-refractivity contribution in [2.24, 2.45) is 4.99 Å². The highest BCUT2D eigenvalue weighted by Crippen LogP contribution is 2.38. The third-order valence-electron chi connectivity index (χ3n) is 5.78. The largest absolute Gasteiger partial charge is 0.376 e. The summed E-state index contributed by atoms with van der Waals surface area (Å²) in [6.45, 7) is 3.03. The molecule has 3 aromatic rings. The van der Waals surface area contributed by atoms with Crippen LogP contribution in [0, 0.1) is 0 Å².